The molecule has 0 aliphatic carbocycles. The van der Waals surface area contributed by atoms with Crippen LogP contribution in [0.1, 0.15) is 34.7 Å². The summed E-state index contributed by atoms with van der Waals surface area (Å²) in [7, 11) is 0. The fourth-order valence-electron chi connectivity index (χ4n) is 3.37. The van der Waals surface area contributed by atoms with E-state index in [0.717, 1.165) is 15.8 Å². The number of rotatable bonds is 9. The number of allylic oxidation sites excluding steroid dienone is 1. The molecule has 0 saturated heterocycles. The van der Waals surface area contributed by atoms with E-state index in [1.165, 1.54) is 23.1 Å². The van der Waals surface area contributed by atoms with Gasteiger partial charge in [-0.2, -0.15) is 0 Å². The third-order valence-electron chi connectivity index (χ3n) is 4.94. The minimum atomic E-state index is -0.383. The third-order valence-corrected chi connectivity index (χ3v) is 6.86. The van der Waals surface area contributed by atoms with Gasteiger partial charge in [-0.25, -0.2) is 4.98 Å². The van der Waals surface area contributed by atoms with Gasteiger partial charge < -0.3 is 15.2 Å². The quantitative estimate of drug-likeness (QED) is 0.261. The maximum Gasteiger partial charge on any atom is 0.251 e. The molecule has 174 valence electrons. The summed E-state index contributed by atoms with van der Waals surface area (Å²) in [4.78, 5) is 29.6. The Morgan fingerprint density at radius 1 is 1.21 bits per heavy atom. The van der Waals surface area contributed by atoms with E-state index in [-0.39, 0.29) is 23.6 Å². The van der Waals surface area contributed by atoms with Crippen molar-refractivity contribution >= 4 is 50.3 Å². The van der Waals surface area contributed by atoms with Crippen molar-refractivity contribution in [1.29, 1.82) is 0 Å². The lowest BCUT2D eigenvalue weighted by molar-refractivity contribution is -0.113. The Labute approximate surface area is 205 Å². The fraction of sp³-hybridized carbons (Fsp3) is 0.208. The molecule has 10 heteroatoms. The van der Waals surface area contributed by atoms with Gasteiger partial charge in [0.2, 0.25) is 5.91 Å². The monoisotopic (exact) mass is 492 g/mol. The number of nitrogens with one attached hydrogen (secondary N) is 2. The van der Waals surface area contributed by atoms with Crippen LogP contribution >= 0.6 is 23.1 Å². The average Bonchev–Trinajstić information content (AvgIpc) is 3.41. The van der Waals surface area contributed by atoms with Crippen LogP contribution in [0.4, 0.5) is 5.13 Å². The van der Waals surface area contributed by atoms with Crippen molar-refractivity contribution in [2.24, 2.45) is 0 Å². The molecule has 4 aromatic rings. The first-order valence-corrected chi connectivity index (χ1v) is 12.4. The number of carbonyl (C=O) groups is 2. The lowest BCUT2D eigenvalue weighted by atomic mass is 10.1. The fourth-order valence-corrected chi connectivity index (χ4v) is 5.01. The minimum Gasteiger partial charge on any atom is -0.342 e. The number of thiazole rings is 1. The Morgan fingerprint density at radius 2 is 2.03 bits per heavy atom. The molecule has 2 aromatic heterocycles. The van der Waals surface area contributed by atoms with E-state index in [0.29, 0.717) is 28.2 Å². The predicted molar refractivity (Wildman–Crippen MR) is 136 cm³/mol. The van der Waals surface area contributed by atoms with Crippen LogP contribution in [0.25, 0.3) is 10.2 Å². The summed E-state index contributed by atoms with van der Waals surface area (Å²) in [6.45, 7) is 8.06. The van der Waals surface area contributed by atoms with Gasteiger partial charge in [-0.1, -0.05) is 59.0 Å². The molecule has 0 spiro atoms. The largest absolute Gasteiger partial charge is 0.342 e. The minimum absolute atomic E-state index is 0.148. The van der Waals surface area contributed by atoms with Gasteiger partial charge in [0.25, 0.3) is 5.91 Å². The number of aromatic nitrogens is 4. The van der Waals surface area contributed by atoms with Gasteiger partial charge in [-0.3, -0.25) is 9.59 Å². The zero-order valence-electron chi connectivity index (χ0n) is 18.8. The number of anilines is 1. The summed E-state index contributed by atoms with van der Waals surface area (Å²) in [5.41, 5.74) is 2.45. The molecular formula is C24H24N6O2S2. The molecule has 0 fully saturated rings. The van der Waals surface area contributed by atoms with E-state index in [4.69, 9.17) is 0 Å². The van der Waals surface area contributed by atoms with Crippen LogP contribution in [0.3, 0.4) is 0 Å². The Kier molecular flexibility index (Phi) is 7.39. The van der Waals surface area contributed by atoms with Crippen LogP contribution in [-0.4, -0.2) is 37.3 Å². The number of amides is 2. The second-order valence-electron chi connectivity index (χ2n) is 7.63. The van der Waals surface area contributed by atoms with Crippen LogP contribution in [0.5, 0.6) is 0 Å². The number of fused-ring (bicyclic) bond motifs is 1. The van der Waals surface area contributed by atoms with E-state index in [9.17, 15) is 9.59 Å². The first-order chi connectivity index (χ1) is 16.4. The summed E-state index contributed by atoms with van der Waals surface area (Å²) in [6, 6.07) is 14.8. The molecule has 1 atom stereocenters. The number of benzene rings is 2. The van der Waals surface area contributed by atoms with Crippen LogP contribution < -0.4 is 10.6 Å². The van der Waals surface area contributed by atoms with E-state index in [1.54, 1.807) is 12.1 Å². The van der Waals surface area contributed by atoms with E-state index in [2.05, 4.69) is 32.4 Å². The number of nitrogens with zero attached hydrogens (tertiary/aromatic N) is 4. The van der Waals surface area contributed by atoms with Crippen LogP contribution in [0, 0.1) is 6.92 Å². The highest BCUT2D eigenvalue weighted by Crippen LogP contribution is 2.26. The molecule has 2 N–H and O–H groups in total. The summed E-state index contributed by atoms with van der Waals surface area (Å²) in [5, 5.41) is 15.5. The maximum absolute atomic E-state index is 12.7. The van der Waals surface area contributed by atoms with Crippen LogP contribution in [0.15, 0.2) is 66.3 Å². The van der Waals surface area contributed by atoms with E-state index >= 15 is 0 Å². The Balaban J connectivity index is 1.41. The highest BCUT2D eigenvalue weighted by atomic mass is 32.2. The second kappa shape index (κ2) is 10.6. The van der Waals surface area contributed by atoms with Gasteiger partial charge in [-0.05, 0) is 38.1 Å². The van der Waals surface area contributed by atoms with Crippen LogP contribution in [-0.2, 0) is 11.3 Å². The van der Waals surface area contributed by atoms with Crippen molar-refractivity contribution in [2.45, 2.75) is 31.6 Å². The van der Waals surface area contributed by atoms with Crippen molar-refractivity contribution in [3.8, 4) is 0 Å². The Morgan fingerprint density at radius 3 is 2.79 bits per heavy atom. The number of thioether (sulfide) groups is 1. The van der Waals surface area contributed by atoms with Gasteiger partial charge in [-0.15, -0.1) is 16.8 Å². The summed E-state index contributed by atoms with van der Waals surface area (Å²) in [6.07, 6.45) is 1.73. The molecule has 4 rings (SSSR count). The second-order valence-corrected chi connectivity index (χ2v) is 9.60. The number of hydrogen-bond acceptors (Lipinski definition) is 7. The first-order valence-electron chi connectivity index (χ1n) is 10.6. The third kappa shape index (κ3) is 5.52. The molecule has 1 unspecified atom stereocenters. The van der Waals surface area contributed by atoms with Gasteiger partial charge >= 0.3 is 0 Å². The molecule has 2 aromatic carbocycles. The molecule has 0 saturated carbocycles. The lowest BCUT2D eigenvalue weighted by Gasteiger charge is -2.15. The number of carbonyl (C=O) groups excluding carboxylic acids is 2. The molecule has 34 heavy (non-hydrogen) atoms. The van der Waals surface area contributed by atoms with E-state index in [1.807, 2.05) is 60.9 Å². The maximum atomic E-state index is 12.7. The van der Waals surface area contributed by atoms with Crippen molar-refractivity contribution in [1.82, 2.24) is 25.1 Å². The van der Waals surface area contributed by atoms with Crippen molar-refractivity contribution in [3.05, 3.63) is 78.1 Å². The average molecular weight is 493 g/mol. The first kappa shape index (κ1) is 23.7. The van der Waals surface area contributed by atoms with Crippen LogP contribution in [0.2, 0.25) is 0 Å². The van der Waals surface area contributed by atoms with E-state index < -0.39 is 0 Å². The summed E-state index contributed by atoms with van der Waals surface area (Å²) < 4.78 is 2.87. The predicted octanol–water partition coefficient (Wildman–Crippen LogP) is 4.60. The van der Waals surface area contributed by atoms with Gasteiger partial charge in [0.15, 0.2) is 16.1 Å². The number of para-hydroxylation sites is 1. The normalized spacial score (nSPS) is 11.8. The van der Waals surface area contributed by atoms with Gasteiger partial charge in [0.05, 0.1) is 22.0 Å². The molecule has 2 heterocycles. The lowest BCUT2D eigenvalue weighted by Crippen LogP contribution is -2.28. The standard InChI is InChI=1S/C24H24N6O2S2/c1-4-12-30-21(16(3)25-22(32)17-9-7-8-15(2)13-17)28-29-24(30)33-14-20(31)27-23-26-18-10-5-6-11-19(18)34-23/h4-11,13,16H,1,12,14H2,2-3H3,(H,25,32)(H,26,27,31). The highest BCUT2D eigenvalue weighted by Gasteiger charge is 2.20. The molecule has 0 bridgehead atoms. The number of aryl methyl sites for hydroxylation is 1. The summed E-state index contributed by atoms with van der Waals surface area (Å²) >= 11 is 2.70. The topological polar surface area (TPSA) is 102 Å². The Hall–Kier alpha value is -3.50. The van der Waals surface area contributed by atoms with Gasteiger partial charge in [0.1, 0.15) is 0 Å². The molecule has 8 nitrogen and oxygen atoms in total. The zero-order chi connectivity index (χ0) is 24.1. The van der Waals surface area contributed by atoms with Crippen molar-refractivity contribution in [3.63, 3.8) is 0 Å². The van der Waals surface area contributed by atoms with Crippen molar-refractivity contribution < 1.29 is 9.59 Å². The van der Waals surface area contributed by atoms with Crippen molar-refractivity contribution in [2.75, 3.05) is 11.1 Å². The smallest absolute Gasteiger partial charge is 0.251 e. The number of hydrogen-bond donors (Lipinski definition) is 2. The molecule has 0 radical (unpaired) electrons. The highest BCUT2D eigenvalue weighted by molar-refractivity contribution is 7.99. The zero-order valence-corrected chi connectivity index (χ0v) is 20.4. The molecular weight excluding hydrogens is 468 g/mol. The van der Waals surface area contributed by atoms with Gasteiger partial charge in [0, 0.05) is 12.1 Å². The molecule has 0 aliphatic rings. The summed E-state index contributed by atoms with van der Waals surface area (Å²) in [5.74, 6) is 0.373. The molecule has 0 aliphatic heterocycles. The SMILES string of the molecule is C=CCn1c(SCC(=O)Nc2nc3ccccc3s2)nnc1C(C)NC(=O)c1cccc(C)c1. The Bertz CT molecular complexity index is 1310. The molecule has 2 amide bonds.